The minimum atomic E-state index is -0.130. The van der Waals surface area contributed by atoms with Crippen LogP contribution in [0.1, 0.15) is 12.7 Å². The number of carbonyl (C=O) groups is 1. The number of fused-ring (bicyclic) bond motifs is 1. The number of carbonyl (C=O) groups excluding carboxylic acids is 1. The van der Waals surface area contributed by atoms with E-state index in [0.29, 0.717) is 13.0 Å². The highest BCUT2D eigenvalue weighted by atomic mass is 16.1. The molecule has 0 fully saturated rings. The molecular weight excluding hydrogens is 228 g/mol. The van der Waals surface area contributed by atoms with Gasteiger partial charge in [0.25, 0.3) is 0 Å². The van der Waals surface area contributed by atoms with E-state index in [1.807, 2.05) is 18.2 Å². The van der Waals surface area contributed by atoms with Gasteiger partial charge in [-0.3, -0.25) is 4.79 Å². The van der Waals surface area contributed by atoms with Crippen molar-refractivity contribution in [1.82, 2.24) is 14.9 Å². The number of para-hydroxylation sites is 2. The molecule has 0 atom stereocenters. The predicted molar refractivity (Wildman–Crippen MR) is 71.2 cm³/mol. The van der Waals surface area contributed by atoms with Crippen molar-refractivity contribution < 1.29 is 4.79 Å². The molecule has 0 spiro atoms. The number of rotatable bonds is 5. The van der Waals surface area contributed by atoms with E-state index in [1.165, 1.54) is 0 Å². The first-order valence-electron chi connectivity index (χ1n) is 6.17. The Morgan fingerprint density at radius 2 is 2.22 bits per heavy atom. The molecule has 0 radical (unpaired) electrons. The number of nitrogens with one attached hydrogen (secondary N) is 1. The summed E-state index contributed by atoms with van der Waals surface area (Å²) in [6.07, 6.45) is 0.717. The highest BCUT2D eigenvalue weighted by molar-refractivity contribution is 5.78. The fourth-order valence-electron chi connectivity index (χ4n) is 2.05. The zero-order valence-electron chi connectivity index (χ0n) is 10.5. The summed E-state index contributed by atoms with van der Waals surface area (Å²) in [4.78, 5) is 15.7. The Balaban J connectivity index is 2.15. The highest BCUT2D eigenvalue weighted by Gasteiger charge is 2.08. The van der Waals surface area contributed by atoms with E-state index in [4.69, 9.17) is 5.73 Å². The first-order valence-corrected chi connectivity index (χ1v) is 6.17. The summed E-state index contributed by atoms with van der Waals surface area (Å²) in [7, 11) is 0. The van der Waals surface area contributed by atoms with E-state index in [2.05, 4.69) is 27.9 Å². The van der Waals surface area contributed by atoms with E-state index in [-0.39, 0.29) is 12.5 Å². The maximum Gasteiger partial charge on any atom is 0.233 e. The molecule has 1 aromatic carbocycles. The Hall–Kier alpha value is -1.88. The first kappa shape index (κ1) is 12.6. The Bertz CT molecular complexity index is 547. The molecule has 1 heterocycles. The Morgan fingerprint density at radius 3 is 2.94 bits per heavy atom. The van der Waals surface area contributed by atoms with Crippen LogP contribution >= 0.6 is 0 Å². The Morgan fingerprint density at radius 1 is 1.44 bits per heavy atom. The molecule has 1 aromatic heterocycles. The van der Waals surface area contributed by atoms with Gasteiger partial charge in [0.15, 0.2) is 0 Å². The van der Waals surface area contributed by atoms with Crippen LogP contribution in [-0.4, -0.2) is 28.5 Å². The van der Waals surface area contributed by atoms with E-state index in [9.17, 15) is 4.79 Å². The molecule has 0 bridgehead atoms. The number of amides is 1. The molecule has 96 valence electrons. The van der Waals surface area contributed by atoms with Gasteiger partial charge in [0.2, 0.25) is 5.91 Å². The summed E-state index contributed by atoms with van der Waals surface area (Å²) in [6.45, 7) is 3.57. The Kier molecular flexibility index (Phi) is 3.94. The van der Waals surface area contributed by atoms with Gasteiger partial charge in [-0.2, -0.15) is 0 Å². The molecule has 18 heavy (non-hydrogen) atoms. The van der Waals surface area contributed by atoms with Crippen molar-refractivity contribution in [3.8, 4) is 0 Å². The number of hydrogen-bond donors (Lipinski definition) is 2. The summed E-state index contributed by atoms with van der Waals surface area (Å²) in [5.41, 5.74) is 7.37. The van der Waals surface area contributed by atoms with Gasteiger partial charge in [-0.1, -0.05) is 12.1 Å². The van der Waals surface area contributed by atoms with Crippen LogP contribution in [-0.2, 0) is 17.8 Å². The molecule has 0 aliphatic carbocycles. The molecule has 5 nitrogen and oxygen atoms in total. The molecule has 0 saturated heterocycles. The number of imidazole rings is 1. The molecule has 5 heteroatoms. The Labute approximate surface area is 106 Å². The van der Waals surface area contributed by atoms with Gasteiger partial charge in [0.05, 0.1) is 17.6 Å². The zero-order valence-corrected chi connectivity index (χ0v) is 10.5. The lowest BCUT2D eigenvalue weighted by molar-refractivity contribution is -0.119. The molecule has 1 amide bonds. The highest BCUT2D eigenvalue weighted by Crippen LogP contribution is 2.15. The molecule has 0 unspecified atom stereocenters. The molecular formula is C13H18N4O. The molecule has 0 aliphatic heterocycles. The predicted octanol–water partition coefficient (Wildman–Crippen LogP) is 0.674. The average Bonchev–Trinajstić information content (AvgIpc) is 2.75. The lowest BCUT2D eigenvalue weighted by Gasteiger charge is -2.06. The average molecular weight is 246 g/mol. The molecule has 3 N–H and O–H groups in total. The number of hydrogen-bond acceptors (Lipinski definition) is 3. The van der Waals surface area contributed by atoms with Crippen molar-refractivity contribution in [3.05, 3.63) is 30.1 Å². The van der Waals surface area contributed by atoms with Crippen LogP contribution in [0.2, 0.25) is 0 Å². The second kappa shape index (κ2) is 5.64. The van der Waals surface area contributed by atoms with E-state index < -0.39 is 0 Å². The van der Waals surface area contributed by atoms with Gasteiger partial charge in [-0.25, -0.2) is 4.98 Å². The maximum absolute atomic E-state index is 11.1. The van der Waals surface area contributed by atoms with E-state index in [0.717, 1.165) is 23.4 Å². The normalized spacial score (nSPS) is 10.8. The summed E-state index contributed by atoms with van der Waals surface area (Å²) >= 11 is 0. The van der Waals surface area contributed by atoms with Crippen molar-refractivity contribution in [1.29, 1.82) is 0 Å². The van der Waals surface area contributed by atoms with Gasteiger partial charge in [0.1, 0.15) is 5.82 Å². The molecule has 0 saturated carbocycles. The number of aromatic nitrogens is 2. The van der Waals surface area contributed by atoms with Crippen LogP contribution in [0, 0.1) is 0 Å². The summed E-state index contributed by atoms with van der Waals surface area (Å²) in [5.74, 6) is 0.866. The van der Waals surface area contributed by atoms with Crippen LogP contribution in [0.15, 0.2) is 24.3 Å². The smallest absolute Gasteiger partial charge is 0.233 e. The second-order valence-corrected chi connectivity index (χ2v) is 4.07. The first-order chi connectivity index (χ1) is 8.76. The van der Waals surface area contributed by atoms with Crippen molar-refractivity contribution in [3.63, 3.8) is 0 Å². The third-order valence-electron chi connectivity index (χ3n) is 2.91. The largest absolute Gasteiger partial charge is 0.355 e. The van der Waals surface area contributed by atoms with Crippen LogP contribution in [0.25, 0.3) is 11.0 Å². The van der Waals surface area contributed by atoms with Crippen LogP contribution in [0.4, 0.5) is 0 Å². The number of nitrogens with zero attached hydrogens (tertiary/aromatic N) is 2. The minimum absolute atomic E-state index is 0.0319. The summed E-state index contributed by atoms with van der Waals surface area (Å²) in [6, 6.07) is 8.06. The number of aryl methyl sites for hydroxylation is 1. The number of nitrogens with two attached hydrogens (primary N) is 1. The second-order valence-electron chi connectivity index (χ2n) is 4.07. The fourth-order valence-corrected chi connectivity index (χ4v) is 2.05. The minimum Gasteiger partial charge on any atom is -0.355 e. The van der Waals surface area contributed by atoms with Crippen molar-refractivity contribution in [2.24, 2.45) is 5.73 Å². The van der Waals surface area contributed by atoms with Crippen LogP contribution in [0.5, 0.6) is 0 Å². The van der Waals surface area contributed by atoms with Crippen molar-refractivity contribution >= 4 is 16.9 Å². The van der Waals surface area contributed by atoms with Gasteiger partial charge < -0.3 is 15.6 Å². The van der Waals surface area contributed by atoms with Gasteiger partial charge in [-0.05, 0) is 19.1 Å². The number of benzene rings is 1. The van der Waals surface area contributed by atoms with Crippen molar-refractivity contribution in [2.45, 2.75) is 19.9 Å². The van der Waals surface area contributed by atoms with E-state index >= 15 is 0 Å². The molecule has 0 aliphatic rings. The quantitative estimate of drug-likeness (QED) is 0.814. The summed E-state index contributed by atoms with van der Waals surface area (Å²) in [5, 5.41) is 2.76. The third-order valence-corrected chi connectivity index (χ3v) is 2.91. The lowest BCUT2D eigenvalue weighted by atomic mass is 10.3. The van der Waals surface area contributed by atoms with Gasteiger partial charge in [-0.15, -0.1) is 0 Å². The standard InChI is InChI=1S/C13H18N4O/c1-2-17-11-6-4-3-5-10(11)16-12(17)7-8-15-13(18)9-14/h3-6H,2,7-9,14H2,1H3,(H,15,18). The maximum atomic E-state index is 11.1. The summed E-state index contributed by atoms with van der Waals surface area (Å²) < 4.78 is 2.17. The monoisotopic (exact) mass is 246 g/mol. The third kappa shape index (κ3) is 2.51. The lowest BCUT2D eigenvalue weighted by Crippen LogP contribution is -2.32. The van der Waals surface area contributed by atoms with Gasteiger partial charge in [0, 0.05) is 19.5 Å². The van der Waals surface area contributed by atoms with Gasteiger partial charge >= 0.3 is 0 Å². The molecule has 2 aromatic rings. The topological polar surface area (TPSA) is 72.9 Å². The van der Waals surface area contributed by atoms with Crippen LogP contribution < -0.4 is 11.1 Å². The van der Waals surface area contributed by atoms with Crippen molar-refractivity contribution in [2.75, 3.05) is 13.1 Å². The zero-order chi connectivity index (χ0) is 13.0. The fraction of sp³-hybridized carbons (Fsp3) is 0.385. The molecule has 2 rings (SSSR count). The van der Waals surface area contributed by atoms with E-state index in [1.54, 1.807) is 0 Å². The SMILES string of the molecule is CCn1c(CCNC(=O)CN)nc2ccccc21. The van der Waals surface area contributed by atoms with Crippen LogP contribution in [0.3, 0.4) is 0 Å².